The fourth-order valence-electron chi connectivity index (χ4n) is 3.31. The van der Waals surface area contributed by atoms with E-state index in [0.717, 1.165) is 36.4 Å². The summed E-state index contributed by atoms with van der Waals surface area (Å²) in [5.41, 5.74) is 2.34. The Bertz CT molecular complexity index is 880. The van der Waals surface area contributed by atoms with Crippen LogP contribution in [0.25, 0.3) is 5.52 Å². The third-order valence-corrected chi connectivity index (χ3v) is 4.61. The fourth-order valence-corrected chi connectivity index (χ4v) is 3.31. The number of aromatic nitrogens is 3. The van der Waals surface area contributed by atoms with Crippen LogP contribution < -0.4 is 0 Å². The van der Waals surface area contributed by atoms with Gasteiger partial charge < -0.3 is 9.42 Å². The van der Waals surface area contributed by atoms with Crippen molar-refractivity contribution in [2.75, 3.05) is 6.54 Å². The molecule has 4 rings (SSSR count). The molecule has 1 aliphatic heterocycles. The van der Waals surface area contributed by atoms with E-state index in [4.69, 9.17) is 4.52 Å². The summed E-state index contributed by atoms with van der Waals surface area (Å²) in [4.78, 5) is 15.0. The fraction of sp³-hybridized carbons (Fsp3) is 0.389. The van der Waals surface area contributed by atoms with Crippen LogP contribution in [-0.2, 0) is 0 Å². The summed E-state index contributed by atoms with van der Waals surface area (Å²) < 4.78 is 7.12. The first-order chi connectivity index (χ1) is 11.6. The van der Waals surface area contributed by atoms with Gasteiger partial charge in [0.15, 0.2) is 0 Å². The Kier molecular flexibility index (Phi) is 3.59. The molecule has 1 amide bonds. The molecule has 1 fully saturated rings. The lowest BCUT2D eigenvalue weighted by atomic mass is 10.1. The van der Waals surface area contributed by atoms with Gasteiger partial charge in [0, 0.05) is 18.5 Å². The molecule has 0 bridgehead atoms. The molecule has 1 atom stereocenters. The van der Waals surface area contributed by atoms with Gasteiger partial charge in [0.25, 0.3) is 5.91 Å². The average Bonchev–Trinajstić information content (AvgIpc) is 3.31. The minimum Gasteiger partial charge on any atom is -0.361 e. The zero-order chi connectivity index (χ0) is 16.7. The molecule has 0 spiro atoms. The number of hydrogen-bond acceptors (Lipinski definition) is 4. The molecule has 3 aromatic rings. The van der Waals surface area contributed by atoms with Gasteiger partial charge in [-0.3, -0.25) is 4.79 Å². The Morgan fingerprint density at radius 3 is 3.00 bits per heavy atom. The van der Waals surface area contributed by atoms with Crippen LogP contribution in [0.4, 0.5) is 0 Å². The first-order valence-electron chi connectivity index (χ1n) is 8.35. The predicted molar refractivity (Wildman–Crippen MR) is 88.8 cm³/mol. The van der Waals surface area contributed by atoms with Gasteiger partial charge in [-0.1, -0.05) is 25.1 Å². The SMILES string of the molecule is CC(C)c1cc([C@H]2CCCN2C(=O)c2cccc3ccnn23)no1. The van der Waals surface area contributed by atoms with Gasteiger partial charge in [-0.05, 0) is 31.0 Å². The van der Waals surface area contributed by atoms with Crippen molar-refractivity contribution in [3.8, 4) is 0 Å². The van der Waals surface area contributed by atoms with E-state index in [-0.39, 0.29) is 17.9 Å². The molecule has 0 N–H and O–H groups in total. The number of amides is 1. The summed E-state index contributed by atoms with van der Waals surface area (Å²) in [7, 11) is 0. The van der Waals surface area contributed by atoms with E-state index in [9.17, 15) is 4.79 Å². The zero-order valence-corrected chi connectivity index (χ0v) is 13.8. The maximum atomic E-state index is 13.1. The van der Waals surface area contributed by atoms with Crippen LogP contribution in [0.5, 0.6) is 0 Å². The van der Waals surface area contributed by atoms with E-state index in [0.29, 0.717) is 5.69 Å². The van der Waals surface area contributed by atoms with Gasteiger partial charge in [-0.25, -0.2) is 4.52 Å². The second kappa shape index (κ2) is 5.78. The number of nitrogens with zero attached hydrogens (tertiary/aromatic N) is 4. The first kappa shape index (κ1) is 14.9. The molecule has 0 aromatic carbocycles. The normalized spacial score (nSPS) is 18.0. The van der Waals surface area contributed by atoms with Gasteiger partial charge in [-0.15, -0.1) is 0 Å². The van der Waals surface area contributed by atoms with Crippen LogP contribution in [0.2, 0.25) is 0 Å². The number of carbonyl (C=O) groups excluding carboxylic acids is 1. The molecule has 3 aromatic heterocycles. The van der Waals surface area contributed by atoms with Crippen LogP contribution in [-0.4, -0.2) is 32.1 Å². The predicted octanol–water partition coefficient (Wildman–Crippen LogP) is 3.42. The van der Waals surface area contributed by atoms with E-state index in [1.807, 2.05) is 35.2 Å². The van der Waals surface area contributed by atoms with Crippen LogP contribution in [0.15, 0.2) is 41.1 Å². The Labute approximate surface area is 140 Å². The topological polar surface area (TPSA) is 63.6 Å². The lowest BCUT2D eigenvalue weighted by Gasteiger charge is -2.23. The summed E-state index contributed by atoms with van der Waals surface area (Å²) in [6, 6.07) is 9.50. The zero-order valence-electron chi connectivity index (χ0n) is 13.8. The maximum absolute atomic E-state index is 13.1. The number of carbonyl (C=O) groups is 1. The van der Waals surface area contributed by atoms with E-state index < -0.39 is 0 Å². The molecule has 4 heterocycles. The highest BCUT2D eigenvalue weighted by molar-refractivity contribution is 5.93. The van der Waals surface area contributed by atoms with E-state index in [1.54, 1.807) is 10.7 Å². The lowest BCUT2D eigenvalue weighted by Crippen LogP contribution is -2.32. The number of pyridine rings is 1. The van der Waals surface area contributed by atoms with Crippen LogP contribution in [0.3, 0.4) is 0 Å². The molecule has 0 unspecified atom stereocenters. The van der Waals surface area contributed by atoms with Crippen molar-refractivity contribution in [3.05, 3.63) is 53.7 Å². The van der Waals surface area contributed by atoms with Crippen LogP contribution in [0, 0.1) is 0 Å². The molecule has 0 radical (unpaired) electrons. The minimum atomic E-state index is -0.0282. The van der Waals surface area contributed by atoms with Crippen molar-refractivity contribution in [1.29, 1.82) is 0 Å². The summed E-state index contributed by atoms with van der Waals surface area (Å²) in [6.07, 6.45) is 3.58. The van der Waals surface area contributed by atoms with Gasteiger partial charge in [0.1, 0.15) is 17.1 Å². The molecule has 124 valence electrons. The van der Waals surface area contributed by atoms with Gasteiger partial charge >= 0.3 is 0 Å². The van der Waals surface area contributed by atoms with Crippen molar-refractivity contribution in [3.63, 3.8) is 0 Å². The standard InChI is InChI=1S/C18H20N4O2/c1-12(2)17-11-14(20-24-17)15-7-4-10-21(15)18(23)16-6-3-5-13-8-9-19-22(13)16/h3,5-6,8-9,11-12,15H,4,7,10H2,1-2H3/t15-/m1/s1. The summed E-state index contributed by atoms with van der Waals surface area (Å²) in [6.45, 7) is 4.87. The van der Waals surface area contributed by atoms with Gasteiger partial charge in [-0.2, -0.15) is 5.10 Å². The number of fused-ring (bicyclic) bond motifs is 1. The summed E-state index contributed by atoms with van der Waals surface area (Å²) >= 11 is 0. The highest BCUT2D eigenvalue weighted by atomic mass is 16.5. The van der Waals surface area contributed by atoms with E-state index >= 15 is 0 Å². The Morgan fingerprint density at radius 2 is 2.21 bits per heavy atom. The molecule has 0 aliphatic carbocycles. The highest BCUT2D eigenvalue weighted by Gasteiger charge is 2.34. The summed E-state index contributed by atoms with van der Waals surface area (Å²) in [5.74, 6) is 1.13. The number of hydrogen-bond donors (Lipinski definition) is 0. The van der Waals surface area contributed by atoms with Crippen molar-refractivity contribution in [1.82, 2.24) is 19.7 Å². The molecule has 1 aliphatic rings. The molecular weight excluding hydrogens is 304 g/mol. The van der Waals surface area contributed by atoms with E-state index in [1.165, 1.54) is 0 Å². The first-order valence-corrected chi connectivity index (χ1v) is 8.35. The Hall–Kier alpha value is -2.63. The maximum Gasteiger partial charge on any atom is 0.273 e. The Morgan fingerprint density at radius 1 is 1.33 bits per heavy atom. The van der Waals surface area contributed by atoms with Gasteiger partial charge in [0.2, 0.25) is 0 Å². The largest absolute Gasteiger partial charge is 0.361 e. The third kappa shape index (κ3) is 2.38. The molecule has 24 heavy (non-hydrogen) atoms. The van der Waals surface area contributed by atoms with Crippen LogP contribution >= 0.6 is 0 Å². The molecule has 1 saturated heterocycles. The van der Waals surface area contributed by atoms with Crippen molar-refractivity contribution < 1.29 is 9.32 Å². The monoisotopic (exact) mass is 324 g/mol. The smallest absolute Gasteiger partial charge is 0.273 e. The highest BCUT2D eigenvalue weighted by Crippen LogP contribution is 2.33. The second-order valence-electron chi connectivity index (χ2n) is 6.54. The quantitative estimate of drug-likeness (QED) is 0.740. The number of rotatable bonds is 3. The van der Waals surface area contributed by atoms with Crippen LogP contribution in [0.1, 0.15) is 60.6 Å². The summed E-state index contributed by atoms with van der Waals surface area (Å²) in [5, 5.41) is 8.48. The minimum absolute atomic E-state index is 0.0131. The van der Waals surface area contributed by atoms with Crippen molar-refractivity contribution in [2.24, 2.45) is 0 Å². The second-order valence-corrected chi connectivity index (χ2v) is 6.54. The lowest BCUT2D eigenvalue weighted by molar-refractivity contribution is 0.0722. The number of likely N-dealkylation sites (tertiary alicyclic amines) is 1. The molecule has 6 heteroatoms. The van der Waals surface area contributed by atoms with Crippen molar-refractivity contribution >= 4 is 11.4 Å². The van der Waals surface area contributed by atoms with Crippen molar-refractivity contribution in [2.45, 2.75) is 38.6 Å². The van der Waals surface area contributed by atoms with E-state index in [2.05, 4.69) is 24.1 Å². The average molecular weight is 324 g/mol. The molecule has 0 saturated carbocycles. The Balaban J connectivity index is 1.67. The molecular formula is C18H20N4O2. The molecule has 6 nitrogen and oxygen atoms in total. The van der Waals surface area contributed by atoms with Gasteiger partial charge in [0.05, 0.1) is 17.8 Å². The third-order valence-electron chi connectivity index (χ3n) is 4.61.